The number of nitrogens with zero attached hydrogens (tertiary/aromatic N) is 4. The summed E-state index contributed by atoms with van der Waals surface area (Å²) in [5.74, 6) is 2.13. The molecule has 0 unspecified atom stereocenters. The van der Waals surface area contributed by atoms with Crippen LogP contribution in [0.4, 0.5) is 5.69 Å². The first-order chi connectivity index (χ1) is 14.2. The summed E-state index contributed by atoms with van der Waals surface area (Å²) in [6.45, 7) is 0.467. The van der Waals surface area contributed by atoms with Crippen LogP contribution in [0.25, 0.3) is 16.7 Å². The Balaban J connectivity index is 1.49. The van der Waals surface area contributed by atoms with Gasteiger partial charge < -0.3 is 10.1 Å². The summed E-state index contributed by atoms with van der Waals surface area (Å²) in [4.78, 5) is 12.6. The van der Waals surface area contributed by atoms with E-state index in [1.54, 1.807) is 7.05 Å². The van der Waals surface area contributed by atoms with Gasteiger partial charge in [0.25, 0.3) is 5.56 Å². The largest absolute Gasteiger partial charge is 0.488 e. The predicted molar refractivity (Wildman–Crippen MR) is 112 cm³/mol. The van der Waals surface area contributed by atoms with Gasteiger partial charge in [-0.3, -0.25) is 13.8 Å². The summed E-state index contributed by atoms with van der Waals surface area (Å²) in [6, 6.07) is 15.5. The summed E-state index contributed by atoms with van der Waals surface area (Å²) >= 11 is 0. The lowest BCUT2D eigenvalue weighted by Gasteiger charge is -2.17. The predicted octanol–water partition coefficient (Wildman–Crippen LogP) is 3.51. The minimum absolute atomic E-state index is 0.0738. The Morgan fingerprint density at radius 2 is 1.83 bits per heavy atom. The second-order valence-electron chi connectivity index (χ2n) is 7.51. The fraction of sp³-hybridized carbons (Fsp3) is 0.318. The lowest BCUT2D eigenvalue weighted by molar-refractivity contribution is 0.211. The third-order valence-electron chi connectivity index (χ3n) is 5.61. The highest BCUT2D eigenvalue weighted by Gasteiger charge is 2.18. The molecular formula is C22H23N5O2. The van der Waals surface area contributed by atoms with E-state index in [1.807, 2.05) is 52.9 Å². The van der Waals surface area contributed by atoms with Crippen molar-refractivity contribution in [2.75, 3.05) is 5.32 Å². The van der Waals surface area contributed by atoms with Gasteiger partial charge in [0, 0.05) is 7.05 Å². The molecule has 0 saturated heterocycles. The van der Waals surface area contributed by atoms with Crippen LogP contribution in [0.3, 0.4) is 0 Å². The molecule has 7 heteroatoms. The normalized spacial score (nSPS) is 14.7. The fourth-order valence-electron chi connectivity index (χ4n) is 4.08. The Hall–Kier alpha value is -3.35. The molecule has 1 fully saturated rings. The number of hydrogen-bond donors (Lipinski definition) is 1. The number of nitrogens with one attached hydrogen (secondary N) is 1. The van der Waals surface area contributed by atoms with Crippen molar-refractivity contribution in [2.24, 2.45) is 7.05 Å². The van der Waals surface area contributed by atoms with Gasteiger partial charge in [-0.1, -0.05) is 24.3 Å². The van der Waals surface area contributed by atoms with Crippen LogP contribution in [0.1, 0.15) is 31.5 Å². The van der Waals surface area contributed by atoms with E-state index in [-0.39, 0.29) is 5.56 Å². The first kappa shape index (κ1) is 17.7. The average molecular weight is 389 g/mol. The molecule has 1 saturated carbocycles. The molecule has 0 amide bonds. The van der Waals surface area contributed by atoms with Gasteiger partial charge >= 0.3 is 0 Å². The average Bonchev–Trinajstić information content (AvgIpc) is 3.41. The van der Waals surface area contributed by atoms with E-state index >= 15 is 0 Å². The molecule has 0 aliphatic heterocycles. The molecular weight excluding hydrogens is 366 g/mol. The van der Waals surface area contributed by atoms with Crippen molar-refractivity contribution in [3.05, 3.63) is 64.7 Å². The van der Waals surface area contributed by atoms with Crippen LogP contribution in [-0.4, -0.2) is 25.3 Å². The minimum Gasteiger partial charge on any atom is -0.488 e. The van der Waals surface area contributed by atoms with Gasteiger partial charge in [0.05, 0.1) is 29.2 Å². The number of anilines is 1. The molecule has 1 aliphatic carbocycles. The van der Waals surface area contributed by atoms with Crippen LogP contribution in [0.2, 0.25) is 0 Å². The zero-order valence-electron chi connectivity index (χ0n) is 16.3. The number of aryl methyl sites for hydroxylation is 1. The van der Waals surface area contributed by atoms with Crippen molar-refractivity contribution in [1.82, 2.24) is 19.2 Å². The van der Waals surface area contributed by atoms with Crippen LogP contribution < -0.4 is 15.6 Å². The fourth-order valence-corrected chi connectivity index (χ4v) is 4.08. The third-order valence-corrected chi connectivity index (χ3v) is 5.61. The Morgan fingerprint density at radius 1 is 1.07 bits per heavy atom. The molecule has 29 heavy (non-hydrogen) atoms. The van der Waals surface area contributed by atoms with Crippen molar-refractivity contribution >= 4 is 22.4 Å². The third kappa shape index (κ3) is 3.12. The SMILES string of the molecule is Cn1c(=O)c2ccccc2n2c(CNc3ccccc3OC3CCCC3)nnc12. The lowest BCUT2D eigenvalue weighted by atomic mass is 10.2. The van der Waals surface area contributed by atoms with Gasteiger partial charge in [0.1, 0.15) is 5.75 Å². The topological polar surface area (TPSA) is 73.5 Å². The van der Waals surface area contributed by atoms with Crippen molar-refractivity contribution < 1.29 is 4.74 Å². The van der Waals surface area contributed by atoms with E-state index in [2.05, 4.69) is 15.5 Å². The maximum absolute atomic E-state index is 12.6. The molecule has 0 radical (unpaired) electrons. The molecule has 148 valence electrons. The molecule has 5 rings (SSSR count). The minimum atomic E-state index is -0.0738. The van der Waals surface area contributed by atoms with E-state index < -0.39 is 0 Å². The van der Waals surface area contributed by atoms with Crippen LogP contribution in [0, 0.1) is 0 Å². The first-order valence-corrected chi connectivity index (χ1v) is 10.0. The number of ether oxygens (including phenoxy) is 1. The van der Waals surface area contributed by atoms with Crippen LogP contribution in [0.5, 0.6) is 5.75 Å². The van der Waals surface area contributed by atoms with E-state index in [9.17, 15) is 4.79 Å². The van der Waals surface area contributed by atoms with E-state index in [4.69, 9.17) is 4.74 Å². The zero-order valence-corrected chi connectivity index (χ0v) is 16.3. The Morgan fingerprint density at radius 3 is 2.69 bits per heavy atom. The Bertz CT molecular complexity index is 1240. The molecule has 7 nitrogen and oxygen atoms in total. The zero-order chi connectivity index (χ0) is 19.8. The van der Waals surface area contributed by atoms with Crippen LogP contribution >= 0.6 is 0 Å². The number of fused-ring (bicyclic) bond motifs is 3. The molecule has 0 bridgehead atoms. The van der Waals surface area contributed by atoms with Gasteiger partial charge in [-0.2, -0.15) is 0 Å². The molecule has 1 aliphatic rings. The second-order valence-corrected chi connectivity index (χ2v) is 7.51. The summed E-state index contributed by atoms with van der Waals surface area (Å²) in [6.07, 6.45) is 4.99. The molecule has 4 aromatic rings. The van der Waals surface area contributed by atoms with Gasteiger partial charge in [0.15, 0.2) is 5.82 Å². The summed E-state index contributed by atoms with van der Waals surface area (Å²) in [5, 5.41) is 12.7. The highest BCUT2D eigenvalue weighted by molar-refractivity contribution is 5.80. The highest BCUT2D eigenvalue weighted by Crippen LogP contribution is 2.30. The molecule has 2 aromatic heterocycles. The maximum atomic E-state index is 12.6. The van der Waals surface area contributed by atoms with Gasteiger partial charge in [-0.25, -0.2) is 0 Å². The lowest BCUT2D eigenvalue weighted by Crippen LogP contribution is -2.20. The van der Waals surface area contributed by atoms with E-state index in [0.29, 0.717) is 23.8 Å². The Labute approximate surface area is 167 Å². The monoisotopic (exact) mass is 389 g/mol. The van der Waals surface area contributed by atoms with Crippen molar-refractivity contribution in [3.8, 4) is 5.75 Å². The van der Waals surface area contributed by atoms with Crippen molar-refractivity contribution in [3.63, 3.8) is 0 Å². The summed E-state index contributed by atoms with van der Waals surface area (Å²) < 4.78 is 9.69. The molecule has 0 atom stereocenters. The van der Waals surface area contributed by atoms with Crippen LogP contribution in [-0.2, 0) is 13.6 Å². The maximum Gasteiger partial charge on any atom is 0.262 e. The molecule has 2 aromatic carbocycles. The number of hydrogen-bond acceptors (Lipinski definition) is 5. The first-order valence-electron chi connectivity index (χ1n) is 10.0. The van der Waals surface area contributed by atoms with Crippen molar-refractivity contribution in [2.45, 2.75) is 38.3 Å². The Kier molecular flexibility index (Phi) is 4.42. The molecule has 0 spiro atoms. The summed E-state index contributed by atoms with van der Waals surface area (Å²) in [5.41, 5.74) is 1.67. The van der Waals surface area contributed by atoms with Crippen molar-refractivity contribution in [1.29, 1.82) is 0 Å². The van der Waals surface area contributed by atoms with Gasteiger partial charge in [-0.15, -0.1) is 10.2 Å². The van der Waals surface area contributed by atoms with Gasteiger partial charge in [-0.05, 0) is 49.9 Å². The number of benzene rings is 2. The highest BCUT2D eigenvalue weighted by atomic mass is 16.5. The number of aromatic nitrogens is 4. The van der Waals surface area contributed by atoms with E-state index in [1.165, 1.54) is 17.4 Å². The molecule has 2 heterocycles. The number of para-hydroxylation sites is 3. The quantitative estimate of drug-likeness (QED) is 0.565. The standard InChI is InChI=1S/C22H23N5O2/c1-26-21(28)16-10-4-6-12-18(16)27-20(24-25-22(26)27)14-23-17-11-5-7-13-19(17)29-15-8-2-3-9-15/h4-7,10-13,15,23H,2-3,8-9,14H2,1H3. The van der Waals surface area contributed by atoms with E-state index in [0.717, 1.165) is 35.6 Å². The number of rotatable bonds is 5. The second kappa shape index (κ2) is 7.24. The summed E-state index contributed by atoms with van der Waals surface area (Å²) in [7, 11) is 1.72. The molecule has 1 N–H and O–H groups in total. The smallest absolute Gasteiger partial charge is 0.262 e. The van der Waals surface area contributed by atoms with Gasteiger partial charge in [0.2, 0.25) is 5.78 Å². The van der Waals surface area contributed by atoms with Crippen LogP contribution in [0.15, 0.2) is 53.3 Å².